The lowest BCUT2D eigenvalue weighted by Crippen LogP contribution is -2.44. The van der Waals surface area contributed by atoms with E-state index < -0.39 is 18.6 Å². The molecule has 0 aliphatic rings. The Labute approximate surface area is 74.7 Å². The van der Waals surface area contributed by atoms with Gasteiger partial charge in [0.15, 0.2) is 0 Å². The SMILES string of the molecule is CC(C)CC(=O)N(N)CC(F)(F)F. The van der Waals surface area contributed by atoms with Gasteiger partial charge in [0.1, 0.15) is 6.54 Å². The molecule has 0 fully saturated rings. The minimum atomic E-state index is -4.43. The number of halogens is 3. The first kappa shape index (κ1) is 12.2. The first-order valence-corrected chi connectivity index (χ1v) is 3.84. The zero-order valence-corrected chi connectivity index (χ0v) is 7.56. The Morgan fingerprint density at radius 1 is 1.46 bits per heavy atom. The third-order valence-electron chi connectivity index (χ3n) is 1.25. The minimum absolute atomic E-state index is 0.00628. The topological polar surface area (TPSA) is 46.3 Å². The fraction of sp³-hybridized carbons (Fsp3) is 0.857. The van der Waals surface area contributed by atoms with Crippen LogP contribution in [0.15, 0.2) is 0 Å². The largest absolute Gasteiger partial charge is 0.407 e. The van der Waals surface area contributed by atoms with Gasteiger partial charge in [-0.05, 0) is 5.92 Å². The van der Waals surface area contributed by atoms with Crippen molar-refractivity contribution >= 4 is 5.91 Å². The molecule has 0 heterocycles. The van der Waals surface area contributed by atoms with Crippen molar-refractivity contribution in [1.29, 1.82) is 0 Å². The molecule has 6 heteroatoms. The van der Waals surface area contributed by atoms with E-state index in [1.807, 2.05) is 0 Å². The summed E-state index contributed by atoms with van der Waals surface area (Å²) >= 11 is 0. The Morgan fingerprint density at radius 2 is 1.92 bits per heavy atom. The van der Waals surface area contributed by atoms with E-state index in [-0.39, 0.29) is 17.3 Å². The highest BCUT2D eigenvalue weighted by atomic mass is 19.4. The summed E-state index contributed by atoms with van der Waals surface area (Å²) in [5, 5.41) is 0.208. The molecule has 78 valence electrons. The summed E-state index contributed by atoms with van der Waals surface area (Å²) in [6.45, 7) is 2.08. The molecule has 0 aromatic rings. The maximum atomic E-state index is 11.7. The zero-order chi connectivity index (χ0) is 10.6. The lowest BCUT2D eigenvalue weighted by Gasteiger charge is -2.19. The Morgan fingerprint density at radius 3 is 2.23 bits per heavy atom. The molecule has 2 N–H and O–H groups in total. The van der Waals surface area contributed by atoms with E-state index >= 15 is 0 Å². The van der Waals surface area contributed by atoms with Crippen molar-refractivity contribution in [2.45, 2.75) is 26.4 Å². The molecule has 0 saturated heterocycles. The number of rotatable bonds is 3. The van der Waals surface area contributed by atoms with Crippen LogP contribution in [0, 0.1) is 5.92 Å². The quantitative estimate of drug-likeness (QED) is 0.422. The fourth-order valence-corrected chi connectivity index (χ4v) is 0.748. The standard InChI is InChI=1S/C7H13F3N2O/c1-5(2)3-6(13)12(11)4-7(8,9)10/h5H,3-4,11H2,1-2H3. The molecule has 13 heavy (non-hydrogen) atoms. The maximum absolute atomic E-state index is 11.7. The second kappa shape index (κ2) is 4.45. The molecule has 0 radical (unpaired) electrons. The highest BCUT2D eigenvalue weighted by molar-refractivity contribution is 5.75. The molecular formula is C7H13F3N2O. The lowest BCUT2D eigenvalue weighted by atomic mass is 10.1. The first-order chi connectivity index (χ1) is 5.72. The minimum Gasteiger partial charge on any atom is -0.273 e. The molecule has 0 aromatic carbocycles. The molecule has 3 nitrogen and oxygen atoms in total. The van der Waals surface area contributed by atoms with Crippen molar-refractivity contribution in [1.82, 2.24) is 5.01 Å². The van der Waals surface area contributed by atoms with Gasteiger partial charge in [-0.15, -0.1) is 0 Å². The van der Waals surface area contributed by atoms with Gasteiger partial charge in [-0.3, -0.25) is 9.80 Å². The molecule has 0 spiro atoms. The highest BCUT2D eigenvalue weighted by Gasteiger charge is 2.31. The summed E-state index contributed by atoms with van der Waals surface area (Å²) in [6, 6.07) is 0. The van der Waals surface area contributed by atoms with Crippen molar-refractivity contribution in [2.75, 3.05) is 6.54 Å². The Kier molecular flexibility index (Phi) is 4.19. The zero-order valence-electron chi connectivity index (χ0n) is 7.56. The van der Waals surface area contributed by atoms with Crippen LogP contribution in [0.2, 0.25) is 0 Å². The fourth-order valence-electron chi connectivity index (χ4n) is 0.748. The molecule has 1 amide bonds. The average Bonchev–Trinajstić information content (AvgIpc) is 1.81. The van der Waals surface area contributed by atoms with Crippen molar-refractivity contribution in [3.8, 4) is 0 Å². The van der Waals surface area contributed by atoms with Crippen LogP contribution >= 0.6 is 0 Å². The summed E-state index contributed by atoms with van der Waals surface area (Å²) in [6.07, 6.45) is -4.39. The van der Waals surface area contributed by atoms with Crippen molar-refractivity contribution < 1.29 is 18.0 Å². The van der Waals surface area contributed by atoms with Crippen LogP contribution in [-0.2, 0) is 4.79 Å². The first-order valence-electron chi connectivity index (χ1n) is 3.84. The molecule has 0 bridgehead atoms. The summed E-state index contributed by atoms with van der Waals surface area (Å²) in [4.78, 5) is 10.9. The number of nitrogens with zero attached hydrogens (tertiary/aromatic N) is 1. The van der Waals surface area contributed by atoms with Crippen molar-refractivity contribution in [3.63, 3.8) is 0 Å². The van der Waals surface area contributed by atoms with Gasteiger partial charge in [-0.1, -0.05) is 13.8 Å². The smallest absolute Gasteiger partial charge is 0.273 e. The maximum Gasteiger partial charge on any atom is 0.407 e. The predicted octanol–water partition coefficient (Wildman–Crippen LogP) is 1.30. The van der Waals surface area contributed by atoms with Crippen LogP contribution in [0.3, 0.4) is 0 Å². The number of alkyl halides is 3. The molecule has 0 unspecified atom stereocenters. The van der Waals surface area contributed by atoms with Gasteiger partial charge < -0.3 is 0 Å². The molecule has 0 rings (SSSR count). The van der Waals surface area contributed by atoms with Crippen LogP contribution in [0.25, 0.3) is 0 Å². The number of hydrazine groups is 1. The molecule has 0 aromatic heterocycles. The Hall–Kier alpha value is -0.780. The summed E-state index contributed by atoms with van der Waals surface area (Å²) in [7, 11) is 0. The normalized spacial score (nSPS) is 11.9. The third kappa shape index (κ3) is 6.39. The van der Waals surface area contributed by atoms with E-state index in [0.29, 0.717) is 0 Å². The van der Waals surface area contributed by atoms with E-state index in [4.69, 9.17) is 5.84 Å². The number of hydrogen-bond donors (Lipinski definition) is 1. The highest BCUT2D eigenvalue weighted by Crippen LogP contribution is 2.15. The number of hydrogen-bond acceptors (Lipinski definition) is 2. The van der Waals surface area contributed by atoms with Crippen molar-refractivity contribution in [3.05, 3.63) is 0 Å². The van der Waals surface area contributed by atoms with E-state index in [9.17, 15) is 18.0 Å². The van der Waals surface area contributed by atoms with Crippen LogP contribution in [0.5, 0.6) is 0 Å². The lowest BCUT2D eigenvalue weighted by molar-refractivity contribution is -0.162. The molecular weight excluding hydrogens is 185 g/mol. The predicted molar refractivity (Wildman–Crippen MR) is 41.4 cm³/mol. The van der Waals surface area contributed by atoms with Gasteiger partial charge in [-0.25, -0.2) is 5.84 Å². The molecule has 0 atom stereocenters. The van der Waals surface area contributed by atoms with Gasteiger partial charge in [0.05, 0.1) is 0 Å². The number of carbonyl (C=O) groups is 1. The summed E-state index contributed by atoms with van der Waals surface area (Å²) < 4.78 is 35.2. The summed E-state index contributed by atoms with van der Waals surface area (Å²) in [5.74, 6) is 4.23. The monoisotopic (exact) mass is 198 g/mol. The second-order valence-corrected chi connectivity index (χ2v) is 3.23. The number of carbonyl (C=O) groups excluding carboxylic acids is 1. The average molecular weight is 198 g/mol. The third-order valence-corrected chi connectivity index (χ3v) is 1.25. The van der Waals surface area contributed by atoms with E-state index in [2.05, 4.69) is 0 Å². The van der Waals surface area contributed by atoms with Crippen LogP contribution in [0.4, 0.5) is 13.2 Å². The molecule has 0 aliphatic heterocycles. The summed E-state index contributed by atoms with van der Waals surface area (Å²) in [5.41, 5.74) is 0. The van der Waals surface area contributed by atoms with Gasteiger partial charge in [0.25, 0.3) is 0 Å². The van der Waals surface area contributed by atoms with Gasteiger partial charge in [0, 0.05) is 6.42 Å². The second-order valence-electron chi connectivity index (χ2n) is 3.23. The van der Waals surface area contributed by atoms with Crippen LogP contribution < -0.4 is 5.84 Å². The Balaban J connectivity index is 3.97. The van der Waals surface area contributed by atoms with E-state index in [1.165, 1.54) is 0 Å². The molecule has 0 saturated carbocycles. The van der Waals surface area contributed by atoms with Gasteiger partial charge in [0.2, 0.25) is 5.91 Å². The van der Waals surface area contributed by atoms with E-state index in [1.54, 1.807) is 13.8 Å². The van der Waals surface area contributed by atoms with Gasteiger partial charge in [-0.2, -0.15) is 13.2 Å². The van der Waals surface area contributed by atoms with Gasteiger partial charge >= 0.3 is 6.18 Å². The van der Waals surface area contributed by atoms with Crippen LogP contribution in [-0.4, -0.2) is 23.6 Å². The van der Waals surface area contributed by atoms with Crippen molar-refractivity contribution in [2.24, 2.45) is 11.8 Å². The number of nitrogens with two attached hydrogens (primary N) is 1. The Bertz CT molecular complexity index is 179. The van der Waals surface area contributed by atoms with E-state index in [0.717, 1.165) is 0 Å². The molecule has 0 aliphatic carbocycles. The van der Waals surface area contributed by atoms with Crippen LogP contribution in [0.1, 0.15) is 20.3 Å². The number of amides is 1.